The number of hydrogen-bond donors (Lipinski definition) is 3. The number of carboxylic acid groups (broad SMARTS) is 1. The molecule has 0 aromatic carbocycles. The van der Waals surface area contributed by atoms with Crippen LogP contribution in [0, 0.1) is 5.92 Å². The molecule has 2 unspecified atom stereocenters. The third-order valence-corrected chi connectivity index (χ3v) is 3.44. The van der Waals surface area contributed by atoms with E-state index in [0.29, 0.717) is 19.4 Å². The van der Waals surface area contributed by atoms with Crippen molar-refractivity contribution in [3.8, 4) is 0 Å². The highest BCUT2D eigenvalue weighted by Gasteiger charge is 2.30. The number of likely N-dealkylation sites (N-methyl/N-ethyl adjacent to an activating group) is 1. The summed E-state index contributed by atoms with van der Waals surface area (Å²) >= 11 is 0. The van der Waals surface area contributed by atoms with Crippen LogP contribution < -0.4 is 10.6 Å². The summed E-state index contributed by atoms with van der Waals surface area (Å²) in [6.07, 6.45) is 1.94. The van der Waals surface area contributed by atoms with Crippen molar-refractivity contribution in [3.63, 3.8) is 0 Å². The number of nitrogens with one attached hydrogen (secondary N) is 2. The third kappa shape index (κ3) is 4.91. The molecule has 0 spiro atoms. The van der Waals surface area contributed by atoms with Crippen LogP contribution in [0.25, 0.3) is 0 Å². The van der Waals surface area contributed by atoms with Gasteiger partial charge in [0.05, 0.1) is 5.92 Å². The zero-order valence-corrected chi connectivity index (χ0v) is 11.1. The average molecular weight is 257 g/mol. The van der Waals surface area contributed by atoms with Crippen molar-refractivity contribution >= 4 is 12.0 Å². The lowest BCUT2D eigenvalue weighted by Gasteiger charge is -2.16. The molecule has 104 valence electrons. The maximum atomic E-state index is 11.6. The number of urea groups is 1. The molecule has 1 aliphatic carbocycles. The number of hydrogen-bond acceptors (Lipinski definition) is 3. The van der Waals surface area contributed by atoms with Crippen LogP contribution in [0.3, 0.4) is 0 Å². The fourth-order valence-corrected chi connectivity index (χ4v) is 2.09. The van der Waals surface area contributed by atoms with Crippen molar-refractivity contribution in [2.45, 2.75) is 32.2 Å². The quantitative estimate of drug-likeness (QED) is 0.647. The van der Waals surface area contributed by atoms with E-state index in [2.05, 4.69) is 22.5 Å². The van der Waals surface area contributed by atoms with Crippen molar-refractivity contribution in [1.29, 1.82) is 0 Å². The van der Waals surface area contributed by atoms with Crippen LogP contribution in [0.4, 0.5) is 4.79 Å². The van der Waals surface area contributed by atoms with Crippen LogP contribution >= 0.6 is 0 Å². The van der Waals surface area contributed by atoms with Gasteiger partial charge in [0, 0.05) is 19.1 Å². The Bertz CT molecular complexity index is 296. The fourth-order valence-electron chi connectivity index (χ4n) is 2.09. The van der Waals surface area contributed by atoms with Gasteiger partial charge < -0.3 is 20.6 Å². The number of rotatable bonds is 6. The molecule has 0 bridgehead atoms. The van der Waals surface area contributed by atoms with E-state index in [-0.39, 0.29) is 18.0 Å². The van der Waals surface area contributed by atoms with Crippen LogP contribution in [-0.4, -0.2) is 54.7 Å². The lowest BCUT2D eigenvalue weighted by Crippen LogP contribution is -2.43. The summed E-state index contributed by atoms with van der Waals surface area (Å²) in [5.41, 5.74) is 0. The van der Waals surface area contributed by atoms with E-state index in [4.69, 9.17) is 5.11 Å². The predicted octanol–water partition coefficient (Wildman–Crippen LogP) is 0.491. The number of amides is 2. The van der Waals surface area contributed by atoms with Gasteiger partial charge in [0.1, 0.15) is 0 Å². The van der Waals surface area contributed by atoms with E-state index in [1.807, 2.05) is 7.05 Å². The maximum absolute atomic E-state index is 11.6. The average Bonchev–Trinajstić information content (AvgIpc) is 2.77. The van der Waals surface area contributed by atoms with Crippen molar-refractivity contribution in [2.24, 2.45) is 5.92 Å². The fraction of sp³-hybridized carbons (Fsp3) is 0.833. The molecule has 2 atom stereocenters. The van der Waals surface area contributed by atoms with Crippen LogP contribution in [0.5, 0.6) is 0 Å². The van der Waals surface area contributed by atoms with Gasteiger partial charge in [-0.05, 0) is 32.9 Å². The maximum Gasteiger partial charge on any atom is 0.315 e. The third-order valence-electron chi connectivity index (χ3n) is 3.44. The molecule has 0 aromatic rings. The van der Waals surface area contributed by atoms with Gasteiger partial charge in [0.25, 0.3) is 0 Å². The van der Waals surface area contributed by atoms with Gasteiger partial charge in [-0.15, -0.1) is 0 Å². The first-order valence-corrected chi connectivity index (χ1v) is 6.48. The highest BCUT2D eigenvalue weighted by Crippen LogP contribution is 2.25. The molecule has 0 aliphatic heterocycles. The van der Waals surface area contributed by atoms with Crippen LogP contribution in [0.15, 0.2) is 0 Å². The summed E-state index contributed by atoms with van der Waals surface area (Å²) in [5.74, 6) is -1.06. The second-order valence-corrected chi connectivity index (χ2v) is 4.84. The van der Waals surface area contributed by atoms with Gasteiger partial charge in [0.15, 0.2) is 0 Å². The molecule has 1 fully saturated rings. The minimum atomic E-state index is -0.760. The first-order valence-electron chi connectivity index (χ1n) is 6.48. The van der Waals surface area contributed by atoms with Crippen LogP contribution in [0.2, 0.25) is 0 Å². The topological polar surface area (TPSA) is 81.7 Å². The van der Waals surface area contributed by atoms with E-state index in [9.17, 15) is 9.59 Å². The lowest BCUT2D eigenvalue weighted by atomic mass is 10.1. The minimum Gasteiger partial charge on any atom is -0.481 e. The Balaban J connectivity index is 2.15. The monoisotopic (exact) mass is 257 g/mol. The van der Waals surface area contributed by atoms with Gasteiger partial charge in [-0.25, -0.2) is 4.79 Å². The number of carboxylic acids is 1. The molecule has 18 heavy (non-hydrogen) atoms. The number of aliphatic carboxylic acids is 1. The van der Waals surface area contributed by atoms with Gasteiger partial charge >= 0.3 is 12.0 Å². The van der Waals surface area contributed by atoms with Crippen LogP contribution in [0.1, 0.15) is 26.2 Å². The molecule has 0 saturated heterocycles. The van der Waals surface area contributed by atoms with E-state index in [1.54, 1.807) is 0 Å². The Kier molecular flexibility index (Phi) is 5.91. The van der Waals surface area contributed by atoms with Crippen molar-refractivity contribution < 1.29 is 14.7 Å². The Hall–Kier alpha value is -1.30. The highest BCUT2D eigenvalue weighted by atomic mass is 16.4. The molecule has 1 saturated carbocycles. The molecule has 6 nitrogen and oxygen atoms in total. The first kappa shape index (κ1) is 14.8. The van der Waals surface area contributed by atoms with E-state index < -0.39 is 5.97 Å². The predicted molar refractivity (Wildman–Crippen MR) is 68.5 cm³/mol. The first-order chi connectivity index (χ1) is 8.52. The second-order valence-electron chi connectivity index (χ2n) is 4.84. The van der Waals surface area contributed by atoms with Crippen molar-refractivity contribution in [3.05, 3.63) is 0 Å². The zero-order valence-electron chi connectivity index (χ0n) is 11.1. The minimum absolute atomic E-state index is 0.00463. The van der Waals surface area contributed by atoms with Gasteiger partial charge in [-0.1, -0.05) is 6.92 Å². The van der Waals surface area contributed by atoms with Crippen molar-refractivity contribution in [1.82, 2.24) is 15.5 Å². The molecule has 3 N–H and O–H groups in total. The Morgan fingerprint density at radius 1 is 1.39 bits per heavy atom. The summed E-state index contributed by atoms with van der Waals surface area (Å²) in [7, 11) is 1.99. The molecule has 0 radical (unpaired) electrons. The molecule has 2 amide bonds. The summed E-state index contributed by atoms with van der Waals surface area (Å²) < 4.78 is 0. The molecule has 0 aromatic heterocycles. The van der Waals surface area contributed by atoms with Gasteiger partial charge in [0.2, 0.25) is 0 Å². The smallest absolute Gasteiger partial charge is 0.315 e. The summed E-state index contributed by atoms with van der Waals surface area (Å²) in [5, 5.41) is 14.5. The number of carbonyl (C=O) groups excluding carboxylic acids is 1. The number of carbonyl (C=O) groups is 2. The van der Waals surface area contributed by atoms with Gasteiger partial charge in [-0.2, -0.15) is 0 Å². The molecule has 1 rings (SSSR count). The van der Waals surface area contributed by atoms with Gasteiger partial charge in [-0.3, -0.25) is 4.79 Å². The van der Waals surface area contributed by atoms with E-state index >= 15 is 0 Å². The normalized spacial score (nSPS) is 23.1. The summed E-state index contributed by atoms with van der Waals surface area (Å²) in [6.45, 7) is 4.43. The molecule has 1 aliphatic rings. The van der Waals surface area contributed by atoms with E-state index in [1.165, 1.54) is 0 Å². The molecular formula is C12H23N3O3. The van der Waals surface area contributed by atoms with E-state index in [0.717, 1.165) is 19.5 Å². The molecular weight excluding hydrogens is 234 g/mol. The SMILES string of the molecule is CCN(C)CCNC(=O)NC1CCC(C(=O)O)C1. The van der Waals surface area contributed by atoms with Crippen molar-refractivity contribution in [2.75, 3.05) is 26.7 Å². The highest BCUT2D eigenvalue weighted by molar-refractivity contribution is 5.75. The Labute approximate surface area is 108 Å². The van der Waals surface area contributed by atoms with Crippen LogP contribution in [-0.2, 0) is 4.79 Å². The lowest BCUT2D eigenvalue weighted by molar-refractivity contribution is -0.141. The molecule has 0 heterocycles. The molecule has 6 heteroatoms. The standard InChI is InChI=1S/C12H23N3O3/c1-3-15(2)7-6-13-12(18)14-10-5-4-9(8-10)11(16)17/h9-10H,3-8H2,1-2H3,(H,16,17)(H2,13,14,18). The Morgan fingerprint density at radius 3 is 2.67 bits per heavy atom. The second kappa shape index (κ2) is 7.20. The summed E-state index contributed by atoms with van der Waals surface area (Å²) in [6, 6.07) is -0.203. The zero-order chi connectivity index (χ0) is 13.5. The summed E-state index contributed by atoms with van der Waals surface area (Å²) in [4.78, 5) is 24.4. The Morgan fingerprint density at radius 2 is 2.11 bits per heavy atom. The largest absolute Gasteiger partial charge is 0.481 e. The number of nitrogens with zero attached hydrogens (tertiary/aromatic N) is 1.